The molecule has 1 heterocycles. The maximum Gasteiger partial charge on any atom is 0.230 e. The molecule has 0 aromatic heterocycles. The third-order valence-electron chi connectivity index (χ3n) is 3.55. The molecule has 21 heavy (non-hydrogen) atoms. The van der Waals surface area contributed by atoms with Gasteiger partial charge in [0.2, 0.25) is 11.8 Å². The lowest BCUT2D eigenvalue weighted by Gasteiger charge is -2.25. The molecule has 112 valence electrons. The van der Waals surface area contributed by atoms with Gasteiger partial charge >= 0.3 is 0 Å². The van der Waals surface area contributed by atoms with Gasteiger partial charge in [-0.15, -0.1) is 0 Å². The Balaban J connectivity index is 1.96. The predicted octanol–water partition coefficient (Wildman–Crippen LogP) is 0.526. The summed E-state index contributed by atoms with van der Waals surface area (Å²) in [6, 6.07) is 9.59. The molecule has 2 unspecified atom stereocenters. The van der Waals surface area contributed by atoms with Gasteiger partial charge in [0.05, 0.1) is 10.9 Å². The van der Waals surface area contributed by atoms with Crippen LogP contribution < -0.4 is 16.4 Å². The van der Waals surface area contributed by atoms with E-state index in [1.165, 1.54) is 0 Å². The summed E-state index contributed by atoms with van der Waals surface area (Å²) < 4.78 is 0. The van der Waals surface area contributed by atoms with Gasteiger partial charge in [0.25, 0.3) is 0 Å². The van der Waals surface area contributed by atoms with Gasteiger partial charge in [-0.2, -0.15) is 0 Å². The fourth-order valence-electron chi connectivity index (χ4n) is 2.33. The van der Waals surface area contributed by atoms with Gasteiger partial charge in [-0.25, -0.2) is 0 Å². The van der Waals surface area contributed by atoms with Crippen LogP contribution in [0.15, 0.2) is 30.3 Å². The van der Waals surface area contributed by atoms with Crippen LogP contribution in [0.25, 0.3) is 0 Å². The Bertz CT molecular complexity index is 523. The third kappa shape index (κ3) is 4.53. The first kappa shape index (κ1) is 15.4. The molecule has 1 aliphatic heterocycles. The monoisotopic (exact) mass is 305 g/mol. The number of piperidine rings is 1. The van der Waals surface area contributed by atoms with Crippen LogP contribution in [-0.4, -0.2) is 29.4 Å². The van der Waals surface area contributed by atoms with Gasteiger partial charge < -0.3 is 16.4 Å². The molecule has 0 saturated carbocycles. The molecule has 1 aliphatic rings. The van der Waals surface area contributed by atoms with E-state index in [1.807, 2.05) is 30.3 Å². The number of carbonyl (C=O) groups excluding carboxylic acids is 2. The third-order valence-corrected chi connectivity index (χ3v) is 3.84. The van der Waals surface area contributed by atoms with E-state index >= 15 is 0 Å². The smallest absolute Gasteiger partial charge is 0.230 e. The van der Waals surface area contributed by atoms with Crippen LogP contribution in [0.5, 0.6) is 0 Å². The summed E-state index contributed by atoms with van der Waals surface area (Å²) in [6.07, 6.45) is 1.56. The summed E-state index contributed by atoms with van der Waals surface area (Å²) in [4.78, 5) is 23.7. The fourth-order valence-corrected chi connectivity index (χ4v) is 2.52. The summed E-state index contributed by atoms with van der Waals surface area (Å²) in [5.41, 5.74) is 6.73. The molecule has 0 bridgehead atoms. The van der Waals surface area contributed by atoms with Crippen molar-refractivity contribution in [1.29, 1.82) is 0 Å². The number of nitrogens with one attached hydrogen (secondary N) is 2. The number of amides is 2. The van der Waals surface area contributed by atoms with Crippen molar-refractivity contribution < 1.29 is 9.59 Å². The Morgan fingerprint density at radius 2 is 2.14 bits per heavy atom. The molecule has 2 amide bonds. The van der Waals surface area contributed by atoms with Gasteiger partial charge in [0.15, 0.2) is 0 Å². The van der Waals surface area contributed by atoms with Gasteiger partial charge in [-0.1, -0.05) is 42.5 Å². The Labute approximate surface area is 129 Å². The Hall–Kier alpha value is -1.95. The molecule has 0 spiro atoms. The fraction of sp³-hybridized carbons (Fsp3) is 0.400. The highest BCUT2D eigenvalue weighted by atomic mass is 32.1. The van der Waals surface area contributed by atoms with E-state index in [4.69, 9.17) is 18.0 Å². The molecule has 1 aromatic carbocycles. The summed E-state index contributed by atoms with van der Waals surface area (Å²) in [7, 11) is 0. The van der Waals surface area contributed by atoms with E-state index in [9.17, 15) is 9.59 Å². The molecule has 2 rings (SSSR count). The Morgan fingerprint density at radius 1 is 1.43 bits per heavy atom. The minimum Gasteiger partial charge on any atom is -0.393 e. The number of thiocarbonyl (C=S) groups is 1. The van der Waals surface area contributed by atoms with Crippen LogP contribution in [0.4, 0.5) is 0 Å². The van der Waals surface area contributed by atoms with Gasteiger partial charge in [0, 0.05) is 19.0 Å². The zero-order valence-electron chi connectivity index (χ0n) is 11.7. The molecule has 1 saturated heterocycles. The summed E-state index contributed by atoms with van der Waals surface area (Å²) >= 11 is 5.03. The second-order valence-corrected chi connectivity index (χ2v) is 5.66. The minimum absolute atomic E-state index is 0.0238. The van der Waals surface area contributed by atoms with Crippen LogP contribution >= 0.6 is 12.2 Å². The van der Waals surface area contributed by atoms with Crippen molar-refractivity contribution in [2.24, 2.45) is 11.7 Å². The van der Waals surface area contributed by atoms with Crippen molar-refractivity contribution in [1.82, 2.24) is 10.6 Å². The van der Waals surface area contributed by atoms with Crippen molar-refractivity contribution in [2.75, 3.05) is 6.54 Å². The predicted molar refractivity (Wildman–Crippen MR) is 84.6 cm³/mol. The lowest BCUT2D eigenvalue weighted by Crippen LogP contribution is -2.51. The van der Waals surface area contributed by atoms with Gasteiger partial charge in [0.1, 0.15) is 0 Å². The molecule has 4 N–H and O–H groups in total. The first-order valence-electron chi connectivity index (χ1n) is 6.96. The number of nitrogens with two attached hydrogens (primary N) is 1. The number of hydrogen-bond acceptors (Lipinski definition) is 3. The lowest BCUT2D eigenvalue weighted by atomic mass is 9.97. The van der Waals surface area contributed by atoms with E-state index in [-0.39, 0.29) is 22.8 Å². The van der Waals surface area contributed by atoms with Crippen molar-refractivity contribution in [2.45, 2.75) is 25.3 Å². The highest BCUT2D eigenvalue weighted by molar-refractivity contribution is 7.80. The molecular formula is C15H19N3O2S. The molecule has 5 nitrogen and oxygen atoms in total. The normalized spacial score (nSPS) is 19.4. The van der Waals surface area contributed by atoms with E-state index in [0.717, 1.165) is 5.56 Å². The van der Waals surface area contributed by atoms with Crippen molar-refractivity contribution in [3.05, 3.63) is 35.9 Å². The SMILES string of the molecule is NC(=S)C(Cc1ccccc1)C(=O)NC1CCC(=O)NC1. The van der Waals surface area contributed by atoms with Crippen LogP contribution in [0, 0.1) is 5.92 Å². The van der Waals surface area contributed by atoms with E-state index < -0.39 is 5.92 Å². The zero-order valence-corrected chi connectivity index (χ0v) is 12.5. The summed E-state index contributed by atoms with van der Waals surface area (Å²) in [6.45, 7) is 0.458. The Kier molecular flexibility index (Phi) is 5.27. The quantitative estimate of drug-likeness (QED) is 0.693. The molecular weight excluding hydrogens is 286 g/mol. The first-order chi connectivity index (χ1) is 10.1. The van der Waals surface area contributed by atoms with Crippen LogP contribution in [0.1, 0.15) is 18.4 Å². The van der Waals surface area contributed by atoms with Crippen LogP contribution in [0.3, 0.4) is 0 Å². The number of rotatable bonds is 5. The van der Waals surface area contributed by atoms with Crippen molar-refractivity contribution >= 4 is 29.0 Å². The standard InChI is InChI=1S/C15H19N3O2S/c16-14(21)12(8-10-4-2-1-3-5-10)15(20)18-11-6-7-13(19)17-9-11/h1-5,11-12H,6-9H2,(H2,16,21)(H,17,19)(H,18,20). The zero-order chi connectivity index (χ0) is 15.2. The molecule has 1 aromatic rings. The topological polar surface area (TPSA) is 84.2 Å². The second-order valence-electron chi connectivity index (χ2n) is 5.19. The Morgan fingerprint density at radius 3 is 2.71 bits per heavy atom. The van der Waals surface area contributed by atoms with Crippen LogP contribution in [0.2, 0.25) is 0 Å². The van der Waals surface area contributed by atoms with Crippen molar-refractivity contribution in [3.8, 4) is 0 Å². The van der Waals surface area contributed by atoms with E-state index in [1.54, 1.807) is 0 Å². The summed E-state index contributed by atoms with van der Waals surface area (Å²) in [5.74, 6) is -0.678. The first-order valence-corrected chi connectivity index (χ1v) is 7.37. The average molecular weight is 305 g/mol. The minimum atomic E-state index is -0.528. The van der Waals surface area contributed by atoms with Gasteiger partial charge in [-0.3, -0.25) is 9.59 Å². The maximum absolute atomic E-state index is 12.3. The highest BCUT2D eigenvalue weighted by Crippen LogP contribution is 2.11. The molecule has 2 atom stereocenters. The molecule has 0 radical (unpaired) electrons. The maximum atomic E-state index is 12.3. The number of hydrogen-bond donors (Lipinski definition) is 3. The summed E-state index contributed by atoms with van der Waals surface area (Å²) in [5, 5.41) is 5.66. The molecule has 0 aliphatic carbocycles. The average Bonchev–Trinajstić information content (AvgIpc) is 2.48. The largest absolute Gasteiger partial charge is 0.393 e. The number of benzene rings is 1. The molecule has 6 heteroatoms. The molecule has 1 fully saturated rings. The second kappa shape index (κ2) is 7.17. The van der Waals surface area contributed by atoms with E-state index in [2.05, 4.69) is 10.6 Å². The van der Waals surface area contributed by atoms with Crippen LogP contribution in [-0.2, 0) is 16.0 Å². The van der Waals surface area contributed by atoms with E-state index in [0.29, 0.717) is 25.8 Å². The van der Waals surface area contributed by atoms with Gasteiger partial charge in [-0.05, 0) is 18.4 Å². The highest BCUT2D eigenvalue weighted by Gasteiger charge is 2.26. The lowest BCUT2D eigenvalue weighted by molar-refractivity contribution is -0.126. The van der Waals surface area contributed by atoms with Crippen molar-refractivity contribution in [3.63, 3.8) is 0 Å². The number of carbonyl (C=O) groups is 2.